The van der Waals surface area contributed by atoms with Crippen LogP contribution in [0, 0.1) is 0 Å². The lowest BCUT2D eigenvalue weighted by Gasteiger charge is -2.20. The number of rotatable bonds is 8. The van der Waals surface area contributed by atoms with Crippen LogP contribution in [0.25, 0.3) is 10.2 Å². The molecule has 0 fully saturated rings. The number of fused-ring (bicyclic) bond motifs is 1. The monoisotopic (exact) mass is 442 g/mol. The second-order valence-electron chi connectivity index (χ2n) is 6.33. The number of carbonyl (C=O) groups excluding carboxylic acids is 1. The Bertz CT molecular complexity index is 1050. The van der Waals surface area contributed by atoms with Crippen LogP contribution in [0.1, 0.15) is 6.42 Å². The predicted octanol–water partition coefficient (Wildman–Crippen LogP) is 5.36. The van der Waals surface area contributed by atoms with Gasteiger partial charge >= 0.3 is 0 Å². The van der Waals surface area contributed by atoms with E-state index in [9.17, 15) is 4.79 Å². The average molecular weight is 443 g/mol. The topological polar surface area (TPSA) is 51.0 Å². The molecule has 8 heteroatoms. The molecule has 0 aliphatic rings. The fourth-order valence-electron chi connectivity index (χ4n) is 2.86. The van der Waals surface area contributed by atoms with E-state index >= 15 is 0 Å². The molecule has 2 heterocycles. The maximum atomic E-state index is 13.1. The number of thioether (sulfide) groups is 1. The first kappa shape index (κ1) is 19.9. The smallest absolute Gasteiger partial charge is 0.229 e. The van der Waals surface area contributed by atoms with Gasteiger partial charge in [0.15, 0.2) is 5.13 Å². The van der Waals surface area contributed by atoms with Gasteiger partial charge in [0.1, 0.15) is 0 Å². The molecule has 2 aromatic carbocycles. The molecule has 0 N–H and O–H groups in total. The summed E-state index contributed by atoms with van der Waals surface area (Å²) in [6.45, 7) is 1.16. The van der Waals surface area contributed by atoms with Crippen molar-refractivity contribution in [1.82, 2.24) is 14.8 Å². The zero-order valence-corrected chi connectivity index (χ0v) is 18.0. The molecule has 148 valence electrons. The molecule has 2 aromatic heterocycles. The Balaban J connectivity index is 1.45. The quantitative estimate of drug-likeness (QED) is 0.344. The molecule has 0 bridgehead atoms. The van der Waals surface area contributed by atoms with Gasteiger partial charge in [-0.05, 0) is 42.5 Å². The molecule has 0 unspecified atom stereocenters. The van der Waals surface area contributed by atoms with E-state index in [0.29, 0.717) is 30.3 Å². The number of anilines is 1. The van der Waals surface area contributed by atoms with Gasteiger partial charge in [-0.1, -0.05) is 35.1 Å². The Morgan fingerprint density at radius 1 is 1.14 bits per heavy atom. The molecule has 4 rings (SSSR count). The van der Waals surface area contributed by atoms with E-state index in [2.05, 4.69) is 10.1 Å². The number of benzene rings is 2. The van der Waals surface area contributed by atoms with Gasteiger partial charge in [0, 0.05) is 41.0 Å². The Hall–Kier alpha value is -2.35. The third-order valence-electron chi connectivity index (χ3n) is 4.32. The lowest BCUT2D eigenvalue weighted by molar-refractivity contribution is -0.118. The Labute approximate surface area is 182 Å². The fourth-order valence-corrected chi connectivity index (χ4v) is 4.84. The molecule has 5 nitrogen and oxygen atoms in total. The number of halogens is 1. The largest absolute Gasteiger partial charge is 0.286 e. The minimum atomic E-state index is 0.0673. The number of hydrogen-bond donors (Lipinski definition) is 0. The molecule has 29 heavy (non-hydrogen) atoms. The number of para-hydroxylation sites is 1. The summed E-state index contributed by atoms with van der Waals surface area (Å²) in [6.07, 6.45) is 4.08. The van der Waals surface area contributed by atoms with Crippen LogP contribution < -0.4 is 4.90 Å². The normalized spacial score (nSPS) is 11.1. The van der Waals surface area contributed by atoms with Gasteiger partial charge < -0.3 is 0 Å². The van der Waals surface area contributed by atoms with Crippen molar-refractivity contribution in [2.45, 2.75) is 17.9 Å². The lowest BCUT2D eigenvalue weighted by Crippen LogP contribution is -2.34. The van der Waals surface area contributed by atoms with E-state index in [0.717, 1.165) is 20.2 Å². The maximum Gasteiger partial charge on any atom is 0.229 e. The SMILES string of the molecule is O=C(CCSc1ccc(Cl)cc1)N(CCn1cccn1)c1nc2ccccc2s1. The van der Waals surface area contributed by atoms with Gasteiger partial charge in [0.05, 0.1) is 16.8 Å². The van der Waals surface area contributed by atoms with Crippen molar-refractivity contribution < 1.29 is 4.79 Å². The van der Waals surface area contributed by atoms with E-state index in [-0.39, 0.29) is 5.91 Å². The summed E-state index contributed by atoms with van der Waals surface area (Å²) in [7, 11) is 0. The first-order chi connectivity index (χ1) is 14.2. The molecule has 0 atom stereocenters. The van der Waals surface area contributed by atoms with E-state index in [1.54, 1.807) is 34.2 Å². The molecule has 1 amide bonds. The standard InChI is InChI=1S/C21H19ClN4OS2/c22-16-6-8-17(9-7-16)28-15-10-20(27)26(14-13-25-12-3-11-23-25)21-24-18-4-1-2-5-19(18)29-21/h1-9,11-12H,10,13-15H2. The van der Waals surface area contributed by atoms with Gasteiger partial charge in [0.25, 0.3) is 0 Å². The highest BCUT2D eigenvalue weighted by atomic mass is 35.5. The van der Waals surface area contributed by atoms with E-state index in [1.807, 2.05) is 65.5 Å². The van der Waals surface area contributed by atoms with E-state index < -0.39 is 0 Å². The van der Waals surface area contributed by atoms with Crippen LogP contribution >= 0.6 is 34.7 Å². The number of nitrogens with zero attached hydrogens (tertiary/aromatic N) is 4. The second-order valence-corrected chi connectivity index (χ2v) is 8.94. The summed E-state index contributed by atoms with van der Waals surface area (Å²) in [5.41, 5.74) is 0.917. The van der Waals surface area contributed by atoms with Crippen molar-refractivity contribution in [3.63, 3.8) is 0 Å². The molecule has 0 spiro atoms. The van der Waals surface area contributed by atoms with Crippen LogP contribution in [0.4, 0.5) is 5.13 Å². The van der Waals surface area contributed by atoms with Gasteiger partial charge in [-0.2, -0.15) is 5.10 Å². The zero-order valence-electron chi connectivity index (χ0n) is 15.6. The van der Waals surface area contributed by atoms with E-state index in [1.165, 1.54) is 0 Å². The minimum Gasteiger partial charge on any atom is -0.286 e. The van der Waals surface area contributed by atoms with Crippen molar-refractivity contribution in [3.05, 3.63) is 72.0 Å². The number of aromatic nitrogens is 3. The fraction of sp³-hybridized carbons (Fsp3) is 0.190. The molecular weight excluding hydrogens is 424 g/mol. The van der Waals surface area contributed by atoms with Crippen molar-refractivity contribution in [3.8, 4) is 0 Å². The predicted molar refractivity (Wildman–Crippen MR) is 121 cm³/mol. The first-order valence-corrected chi connectivity index (χ1v) is 11.4. The molecule has 0 saturated carbocycles. The third kappa shape index (κ3) is 5.18. The first-order valence-electron chi connectivity index (χ1n) is 9.21. The molecule has 0 saturated heterocycles. The second kappa shape index (κ2) is 9.43. The minimum absolute atomic E-state index is 0.0673. The van der Waals surface area contributed by atoms with Gasteiger partial charge in [0.2, 0.25) is 5.91 Å². The Morgan fingerprint density at radius 2 is 1.97 bits per heavy atom. The van der Waals surface area contributed by atoms with Crippen molar-refractivity contribution in [2.24, 2.45) is 0 Å². The number of amides is 1. The maximum absolute atomic E-state index is 13.1. The van der Waals surface area contributed by atoms with Crippen LogP contribution in [0.5, 0.6) is 0 Å². The molecule has 0 aliphatic heterocycles. The van der Waals surface area contributed by atoms with Crippen LogP contribution in [0.3, 0.4) is 0 Å². The van der Waals surface area contributed by atoms with Crippen molar-refractivity contribution in [1.29, 1.82) is 0 Å². The van der Waals surface area contributed by atoms with Crippen LogP contribution in [-0.2, 0) is 11.3 Å². The van der Waals surface area contributed by atoms with E-state index in [4.69, 9.17) is 11.6 Å². The molecule has 0 radical (unpaired) electrons. The highest BCUT2D eigenvalue weighted by Crippen LogP contribution is 2.29. The van der Waals surface area contributed by atoms with Crippen molar-refractivity contribution in [2.75, 3.05) is 17.2 Å². The summed E-state index contributed by atoms with van der Waals surface area (Å²) in [6, 6.07) is 17.5. The third-order valence-corrected chi connectivity index (χ3v) is 6.65. The van der Waals surface area contributed by atoms with Crippen LogP contribution in [0.15, 0.2) is 71.9 Å². The van der Waals surface area contributed by atoms with Crippen LogP contribution in [-0.4, -0.2) is 33.0 Å². The van der Waals surface area contributed by atoms with Crippen molar-refractivity contribution >= 4 is 56.0 Å². The van der Waals surface area contributed by atoms with Crippen LogP contribution in [0.2, 0.25) is 5.02 Å². The molecular formula is C21H19ClN4OS2. The molecule has 4 aromatic rings. The van der Waals surface area contributed by atoms with Gasteiger partial charge in [-0.25, -0.2) is 4.98 Å². The Kier molecular flexibility index (Phi) is 6.49. The number of thiazole rings is 1. The summed E-state index contributed by atoms with van der Waals surface area (Å²) in [4.78, 5) is 20.6. The average Bonchev–Trinajstić information content (AvgIpc) is 3.39. The summed E-state index contributed by atoms with van der Waals surface area (Å²) in [5, 5.41) is 5.69. The van der Waals surface area contributed by atoms with Gasteiger partial charge in [-0.3, -0.25) is 14.4 Å². The lowest BCUT2D eigenvalue weighted by atomic mass is 10.3. The highest BCUT2D eigenvalue weighted by molar-refractivity contribution is 7.99. The zero-order chi connectivity index (χ0) is 20.1. The number of carbonyl (C=O) groups is 1. The summed E-state index contributed by atoms with van der Waals surface area (Å²) in [5.74, 6) is 0.765. The molecule has 0 aliphatic carbocycles. The highest BCUT2D eigenvalue weighted by Gasteiger charge is 2.19. The summed E-state index contributed by atoms with van der Waals surface area (Å²) < 4.78 is 2.91. The van der Waals surface area contributed by atoms with Gasteiger partial charge in [-0.15, -0.1) is 11.8 Å². The summed E-state index contributed by atoms with van der Waals surface area (Å²) >= 11 is 9.13. The Morgan fingerprint density at radius 3 is 2.72 bits per heavy atom. The number of hydrogen-bond acceptors (Lipinski definition) is 5.